The van der Waals surface area contributed by atoms with Crippen LogP contribution in [0.4, 0.5) is 16.4 Å². The SMILES string of the molecule is Nc1ncc(N2CCC(=O)NC2=O)cn1. The molecule has 7 nitrogen and oxygen atoms in total. The maximum atomic E-state index is 11.4. The Hall–Kier alpha value is -2.18. The standard InChI is InChI=1S/C8H9N5O2/c9-7-10-3-5(4-11-7)13-2-1-6(14)12-8(13)15/h3-4H,1-2H2,(H2,9,10,11)(H,12,14,15). The first-order valence-electron chi connectivity index (χ1n) is 4.35. The summed E-state index contributed by atoms with van der Waals surface area (Å²) in [5, 5.41) is 2.20. The van der Waals surface area contributed by atoms with Gasteiger partial charge >= 0.3 is 6.03 Å². The van der Waals surface area contributed by atoms with Crippen LogP contribution in [0.15, 0.2) is 12.4 Å². The Labute approximate surface area is 85.3 Å². The fourth-order valence-electron chi connectivity index (χ4n) is 1.28. The molecule has 15 heavy (non-hydrogen) atoms. The maximum absolute atomic E-state index is 11.4. The summed E-state index contributed by atoms with van der Waals surface area (Å²) in [6.45, 7) is 0.331. The lowest BCUT2D eigenvalue weighted by atomic mass is 10.3. The van der Waals surface area contributed by atoms with Gasteiger partial charge in [0.15, 0.2) is 0 Å². The molecule has 3 amide bonds. The topological polar surface area (TPSA) is 101 Å². The molecule has 0 unspecified atom stereocenters. The van der Waals surface area contributed by atoms with Gasteiger partial charge in [0, 0.05) is 13.0 Å². The molecule has 0 aliphatic carbocycles. The second-order valence-corrected chi connectivity index (χ2v) is 3.05. The summed E-state index contributed by atoms with van der Waals surface area (Å²) in [5.74, 6) is -0.125. The predicted molar refractivity (Wildman–Crippen MR) is 51.9 cm³/mol. The predicted octanol–water partition coefficient (Wildman–Crippen LogP) is -0.495. The normalized spacial score (nSPS) is 16.4. The Kier molecular flexibility index (Phi) is 2.20. The summed E-state index contributed by atoms with van der Waals surface area (Å²) in [6, 6.07) is -0.459. The number of urea groups is 1. The summed E-state index contributed by atoms with van der Waals surface area (Å²) in [7, 11) is 0. The fraction of sp³-hybridized carbons (Fsp3) is 0.250. The molecule has 7 heteroatoms. The van der Waals surface area contributed by atoms with Crippen molar-refractivity contribution < 1.29 is 9.59 Å². The Morgan fingerprint density at radius 3 is 2.60 bits per heavy atom. The number of imide groups is 1. The number of carbonyl (C=O) groups is 2. The number of amides is 3. The first kappa shape index (κ1) is 9.38. The van der Waals surface area contributed by atoms with Gasteiger partial charge in [0.25, 0.3) is 0 Å². The summed E-state index contributed by atoms with van der Waals surface area (Å²) in [5.41, 5.74) is 5.84. The zero-order valence-electron chi connectivity index (χ0n) is 7.80. The molecule has 3 N–H and O–H groups in total. The van der Waals surface area contributed by atoms with Crippen molar-refractivity contribution in [1.29, 1.82) is 0 Å². The molecule has 2 heterocycles. The summed E-state index contributed by atoms with van der Waals surface area (Å²) in [4.78, 5) is 31.2. The Balaban J connectivity index is 2.20. The lowest BCUT2D eigenvalue weighted by molar-refractivity contribution is -0.120. The molecule has 0 atom stereocenters. The van der Waals surface area contributed by atoms with Crippen molar-refractivity contribution in [1.82, 2.24) is 15.3 Å². The Morgan fingerprint density at radius 1 is 1.33 bits per heavy atom. The number of nitrogen functional groups attached to an aromatic ring is 1. The third-order valence-corrected chi connectivity index (χ3v) is 2.02. The van der Waals surface area contributed by atoms with Gasteiger partial charge in [-0.1, -0.05) is 0 Å². The molecule has 0 bridgehead atoms. The van der Waals surface area contributed by atoms with E-state index in [1.807, 2.05) is 0 Å². The first-order valence-corrected chi connectivity index (χ1v) is 4.35. The van der Waals surface area contributed by atoms with Gasteiger partial charge in [0.2, 0.25) is 11.9 Å². The second kappa shape index (κ2) is 3.52. The van der Waals surface area contributed by atoms with Crippen LogP contribution in [0.5, 0.6) is 0 Å². The van der Waals surface area contributed by atoms with Crippen molar-refractivity contribution in [2.24, 2.45) is 0 Å². The molecular formula is C8H9N5O2. The highest BCUT2D eigenvalue weighted by atomic mass is 16.2. The summed E-state index contributed by atoms with van der Waals surface area (Å²) < 4.78 is 0. The van der Waals surface area contributed by atoms with Crippen LogP contribution in [-0.4, -0.2) is 28.5 Å². The monoisotopic (exact) mass is 207 g/mol. The third kappa shape index (κ3) is 1.85. The van der Waals surface area contributed by atoms with Crippen molar-refractivity contribution in [2.45, 2.75) is 6.42 Å². The zero-order valence-corrected chi connectivity index (χ0v) is 7.80. The van der Waals surface area contributed by atoms with Crippen molar-refractivity contribution >= 4 is 23.6 Å². The molecule has 1 aromatic heterocycles. The molecule has 78 valence electrons. The highest BCUT2D eigenvalue weighted by molar-refractivity contribution is 6.05. The van der Waals surface area contributed by atoms with E-state index >= 15 is 0 Å². The molecule has 1 aliphatic rings. The Morgan fingerprint density at radius 2 is 2.00 bits per heavy atom. The van der Waals surface area contributed by atoms with E-state index in [-0.39, 0.29) is 18.3 Å². The number of aromatic nitrogens is 2. The molecule has 1 aromatic rings. The van der Waals surface area contributed by atoms with Crippen molar-refractivity contribution in [3.63, 3.8) is 0 Å². The van der Waals surface area contributed by atoms with Gasteiger partial charge in [0.05, 0.1) is 18.1 Å². The Bertz CT molecular complexity index is 402. The van der Waals surface area contributed by atoms with E-state index in [1.165, 1.54) is 17.3 Å². The molecule has 0 saturated carbocycles. The highest BCUT2D eigenvalue weighted by Crippen LogP contribution is 2.14. The fourth-order valence-corrected chi connectivity index (χ4v) is 1.28. The van der Waals surface area contributed by atoms with Crippen LogP contribution < -0.4 is 16.0 Å². The van der Waals surface area contributed by atoms with E-state index < -0.39 is 6.03 Å². The quantitative estimate of drug-likeness (QED) is 0.646. The van der Waals surface area contributed by atoms with Gasteiger partial charge in [0.1, 0.15) is 0 Å². The number of nitrogens with zero attached hydrogens (tertiary/aromatic N) is 3. The molecule has 0 aromatic carbocycles. The smallest absolute Gasteiger partial charge is 0.328 e. The molecule has 1 fully saturated rings. The van der Waals surface area contributed by atoms with Gasteiger partial charge in [-0.2, -0.15) is 0 Å². The van der Waals surface area contributed by atoms with Gasteiger partial charge in [-0.15, -0.1) is 0 Å². The highest BCUT2D eigenvalue weighted by Gasteiger charge is 2.24. The minimum Gasteiger partial charge on any atom is -0.368 e. The van der Waals surface area contributed by atoms with Gasteiger partial charge in [-0.05, 0) is 0 Å². The van der Waals surface area contributed by atoms with E-state index in [2.05, 4.69) is 15.3 Å². The minimum atomic E-state index is -0.459. The van der Waals surface area contributed by atoms with Gasteiger partial charge in [-0.3, -0.25) is 15.0 Å². The molecule has 0 radical (unpaired) electrons. The number of carbonyl (C=O) groups excluding carboxylic acids is 2. The van der Waals surface area contributed by atoms with Crippen molar-refractivity contribution in [3.8, 4) is 0 Å². The van der Waals surface area contributed by atoms with Crippen molar-refractivity contribution in [3.05, 3.63) is 12.4 Å². The van der Waals surface area contributed by atoms with Crippen LogP contribution in [0.3, 0.4) is 0 Å². The van der Waals surface area contributed by atoms with Gasteiger partial charge < -0.3 is 5.73 Å². The summed E-state index contributed by atoms with van der Waals surface area (Å²) in [6.07, 6.45) is 3.16. The number of hydrogen-bond donors (Lipinski definition) is 2. The molecule has 1 saturated heterocycles. The van der Waals surface area contributed by atoms with E-state index in [9.17, 15) is 9.59 Å². The lowest BCUT2D eigenvalue weighted by Gasteiger charge is -2.25. The third-order valence-electron chi connectivity index (χ3n) is 2.02. The largest absolute Gasteiger partial charge is 0.368 e. The number of rotatable bonds is 1. The number of anilines is 2. The second-order valence-electron chi connectivity index (χ2n) is 3.05. The van der Waals surface area contributed by atoms with Gasteiger partial charge in [-0.25, -0.2) is 14.8 Å². The van der Waals surface area contributed by atoms with E-state index in [0.717, 1.165) is 0 Å². The zero-order chi connectivity index (χ0) is 10.8. The number of nitrogens with two attached hydrogens (primary N) is 1. The number of hydrogen-bond acceptors (Lipinski definition) is 5. The average molecular weight is 207 g/mol. The number of nitrogens with one attached hydrogen (secondary N) is 1. The van der Waals surface area contributed by atoms with E-state index in [1.54, 1.807) is 0 Å². The molecule has 1 aliphatic heterocycles. The molecule has 2 rings (SSSR count). The van der Waals surface area contributed by atoms with Crippen LogP contribution >= 0.6 is 0 Å². The van der Waals surface area contributed by atoms with Crippen molar-refractivity contribution in [2.75, 3.05) is 17.2 Å². The van der Waals surface area contributed by atoms with Crippen LogP contribution in [0, 0.1) is 0 Å². The lowest BCUT2D eigenvalue weighted by Crippen LogP contribution is -2.49. The van der Waals surface area contributed by atoms with Crippen LogP contribution in [0.2, 0.25) is 0 Å². The molecular weight excluding hydrogens is 198 g/mol. The van der Waals surface area contributed by atoms with E-state index in [4.69, 9.17) is 5.73 Å². The molecule has 0 spiro atoms. The van der Waals surface area contributed by atoms with Crippen LogP contribution in [0.1, 0.15) is 6.42 Å². The minimum absolute atomic E-state index is 0.146. The average Bonchev–Trinajstić information content (AvgIpc) is 2.20. The summed E-state index contributed by atoms with van der Waals surface area (Å²) >= 11 is 0. The maximum Gasteiger partial charge on any atom is 0.328 e. The van der Waals surface area contributed by atoms with Crippen LogP contribution in [-0.2, 0) is 4.79 Å². The first-order chi connectivity index (χ1) is 7.16. The van der Waals surface area contributed by atoms with E-state index in [0.29, 0.717) is 12.2 Å². The van der Waals surface area contributed by atoms with Crippen LogP contribution in [0.25, 0.3) is 0 Å².